The van der Waals surface area contributed by atoms with Gasteiger partial charge in [-0.2, -0.15) is 0 Å². The first-order chi connectivity index (χ1) is 7.09. The molecule has 1 N–H and O–H groups in total. The van der Waals surface area contributed by atoms with Crippen LogP contribution in [0.3, 0.4) is 0 Å². The van der Waals surface area contributed by atoms with Crippen LogP contribution in [0.4, 0.5) is 0 Å². The van der Waals surface area contributed by atoms with E-state index >= 15 is 0 Å². The Morgan fingerprint density at radius 2 is 1.93 bits per heavy atom. The fourth-order valence-electron chi connectivity index (χ4n) is 0.809. The lowest BCUT2D eigenvalue weighted by atomic mass is 10.3. The summed E-state index contributed by atoms with van der Waals surface area (Å²) in [5, 5.41) is 8.55. The van der Waals surface area contributed by atoms with Crippen molar-refractivity contribution in [2.24, 2.45) is 0 Å². The molecule has 0 spiro atoms. The fraction of sp³-hybridized carbons (Fsp3) is 0. The maximum absolute atomic E-state index is 11.0. The minimum atomic E-state index is -1.22. The van der Waals surface area contributed by atoms with E-state index in [-0.39, 0.29) is 10.8 Å². The van der Waals surface area contributed by atoms with Gasteiger partial charge in [-0.1, -0.05) is 23.7 Å². The quantitative estimate of drug-likeness (QED) is 0.486. The van der Waals surface area contributed by atoms with Gasteiger partial charge in [0.05, 0.1) is 5.02 Å². The minimum Gasteiger partial charge on any atom is -0.478 e. The molecule has 0 radical (unpaired) electrons. The summed E-state index contributed by atoms with van der Waals surface area (Å²) in [6.07, 6.45) is 1.50. The van der Waals surface area contributed by atoms with E-state index in [0.29, 0.717) is 6.08 Å². The average Bonchev–Trinajstić information content (AvgIpc) is 2.18. The van der Waals surface area contributed by atoms with Crippen LogP contribution in [-0.4, -0.2) is 17.0 Å². The molecule has 0 saturated carbocycles. The Morgan fingerprint density at radius 1 is 1.27 bits per heavy atom. The first-order valence-corrected chi connectivity index (χ1v) is 4.35. The zero-order chi connectivity index (χ0) is 11.3. The van der Waals surface area contributed by atoms with Crippen LogP contribution < -0.4 is 4.74 Å². The van der Waals surface area contributed by atoms with Gasteiger partial charge < -0.3 is 9.84 Å². The summed E-state index contributed by atoms with van der Waals surface area (Å²) >= 11 is 5.71. The van der Waals surface area contributed by atoms with Crippen LogP contribution in [0.2, 0.25) is 5.02 Å². The molecule has 1 aromatic rings. The highest BCUT2D eigenvalue weighted by Crippen LogP contribution is 2.23. The second-order valence-electron chi connectivity index (χ2n) is 2.52. The summed E-state index contributed by atoms with van der Waals surface area (Å²) < 4.78 is 4.77. The Bertz CT molecular complexity index is 412. The number of benzene rings is 1. The monoisotopic (exact) mass is 226 g/mol. The van der Waals surface area contributed by atoms with Gasteiger partial charge in [0.1, 0.15) is 5.75 Å². The Morgan fingerprint density at radius 3 is 2.53 bits per heavy atom. The molecule has 0 atom stereocenters. The molecule has 0 aliphatic carbocycles. The summed E-state index contributed by atoms with van der Waals surface area (Å²) in [5.41, 5.74) is 0. The smallest absolute Gasteiger partial charge is 0.336 e. The van der Waals surface area contributed by atoms with Gasteiger partial charge in [-0.15, -0.1) is 0 Å². The van der Waals surface area contributed by atoms with Crippen molar-refractivity contribution in [2.75, 3.05) is 0 Å². The lowest BCUT2D eigenvalue weighted by Gasteiger charge is -2.01. The molecule has 0 amide bonds. The second-order valence-corrected chi connectivity index (χ2v) is 2.93. The van der Waals surface area contributed by atoms with Crippen molar-refractivity contribution >= 4 is 23.5 Å². The van der Waals surface area contributed by atoms with E-state index in [0.717, 1.165) is 6.08 Å². The third-order valence-corrected chi connectivity index (χ3v) is 1.72. The lowest BCUT2D eigenvalue weighted by Crippen LogP contribution is -2.05. The molecule has 0 aromatic heterocycles. The third-order valence-electron chi connectivity index (χ3n) is 1.41. The van der Waals surface area contributed by atoms with E-state index < -0.39 is 11.9 Å². The van der Waals surface area contributed by atoms with Crippen LogP contribution in [0.25, 0.3) is 0 Å². The molecule has 0 heterocycles. The Kier molecular flexibility index (Phi) is 3.88. The number of aliphatic carboxylic acids is 1. The van der Waals surface area contributed by atoms with Crippen LogP contribution >= 0.6 is 11.6 Å². The molecule has 4 nitrogen and oxygen atoms in total. The van der Waals surface area contributed by atoms with E-state index in [2.05, 4.69) is 0 Å². The van der Waals surface area contributed by atoms with Gasteiger partial charge in [-0.25, -0.2) is 9.59 Å². The second kappa shape index (κ2) is 5.17. The van der Waals surface area contributed by atoms with Crippen molar-refractivity contribution in [1.82, 2.24) is 0 Å². The van der Waals surface area contributed by atoms with Crippen molar-refractivity contribution in [3.63, 3.8) is 0 Å². The average molecular weight is 227 g/mol. The van der Waals surface area contributed by atoms with Crippen LogP contribution in [-0.2, 0) is 9.59 Å². The highest BCUT2D eigenvalue weighted by atomic mass is 35.5. The zero-order valence-corrected chi connectivity index (χ0v) is 8.27. The molecule has 0 bridgehead atoms. The molecule has 0 saturated heterocycles. The maximum atomic E-state index is 11.0. The summed E-state index contributed by atoms with van der Waals surface area (Å²) in [6.45, 7) is 0. The normalized spacial score (nSPS) is 10.2. The van der Waals surface area contributed by atoms with E-state index in [1.165, 1.54) is 6.07 Å². The van der Waals surface area contributed by atoms with Crippen molar-refractivity contribution in [3.05, 3.63) is 41.4 Å². The third kappa shape index (κ3) is 3.83. The van der Waals surface area contributed by atoms with Crippen molar-refractivity contribution < 1.29 is 19.4 Å². The number of hydrogen-bond donors (Lipinski definition) is 1. The largest absolute Gasteiger partial charge is 0.478 e. The number of ether oxygens (including phenoxy) is 1. The predicted molar refractivity (Wildman–Crippen MR) is 53.9 cm³/mol. The topological polar surface area (TPSA) is 63.6 Å². The number of para-hydroxylation sites is 1. The van der Waals surface area contributed by atoms with Crippen molar-refractivity contribution in [1.29, 1.82) is 0 Å². The van der Waals surface area contributed by atoms with Crippen LogP contribution in [0.5, 0.6) is 5.75 Å². The Labute approximate surface area is 90.7 Å². The number of rotatable bonds is 3. The van der Waals surface area contributed by atoms with Gasteiger partial charge in [0.25, 0.3) is 0 Å². The standard InChI is InChI=1S/C10H7ClO4/c11-7-3-1-2-4-8(7)15-10(14)6-5-9(12)13/h1-6H,(H,12,13)/b6-5+. The number of hydrogen-bond acceptors (Lipinski definition) is 3. The number of carboxylic acid groups (broad SMARTS) is 1. The fourth-order valence-corrected chi connectivity index (χ4v) is 0.984. The van der Waals surface area contributed by atoms with E-state index in [1.807, 2.05) is 0 Å². The van der Waals surface area contributed by atoms with Gasteiger partial charge >= 0.3 is 11.9 Å². The number of carboxylic acids is 1. The van der Waals surface area contributed by atoms with Crippen LogP contribution in [0.15, 0.2) is 36.4 Å². The predicted octanol–water partition coefficient (Wildman–Crippen LogP) is 1.89. The van der Waals surface area contributed by atoms with E-state index in [4.69, 9.17) is 21.4 Å². The first-order valence-electron chi connectivity index (χ1n) is 3.97. The van der Waals surface area contributed by atoms with Gasteiger partial charge in [-0.3, -0.25) is 0 Å². The van der Waals surface area contributed by atoms with Gasteiger partial charge in [0.2, 0.25) is 0 Å². The molecule has 1 rings (SSSR count). The summed E-state index contributed by atoms with van der Waals surface area (Å²) in [4.78, 5) is 21.1. The Hall–Kier alpha value is -1.81. The molecule has 78 valence electrons. The minimum absolute atomic E-state index is 0.194. The summed E-state index contributed by atoms with van der Waals surface area (Å²) in [7, 11) is 0. The van der Waals surface area contributed by atoms with Crippen molar-refractivity contribution in [3.8, 4) is 5.75 Å². The maximum Gasteiger partial charge on any atom is 0.336 e. The first kappa shape index (κ1) is 11.3. The number of carbonyl (C=O) groups excluding carboxylic acids is 1. The molecule has 0 aliphatic heterocycles. The van der Waals surface area contributed by atoms with E-state index in [9.17, 15) is 9.59 Å². The molecule has 0 fully saturated rings. The molecule has 0 aliphatic rings. The summed E-state index contributed by atoms with van der Waals surface area (Å²) in [5.74, 6) is -1.81. The molecule has 0 unspecified atom stereocenters. The highest BCUT2D eigenvalue weighted by molar-refractivity contribution is 6.32. The lowest BCUT2D eigenvalue weighted by molar-refractivity contribution is -0.133. The SMILES string of the molecule is O=C(O)/C=C/C(=O)Oc1ccccc1Cl. The van der Waals surface area contributed by atoms with Gasteiger partial charge in [0.15, 0.2) is 0 Å². The summed E-state index contributed by atoms with van der Waals surface area (Å²) in [6, 6.07) is 6.40. The molecular weight excluding hydrogens is 220 g/mol. The number of esters is 1. The molecule has 5 heteroatoms. The number of carbonyl (C=O) groups is 2. The highest BCUT2D eigenvalue weighted by Gasteiger charge is 2.04. The van der Waals surface area contributed by atoms with Gasteiger partial charge in [0, 0.05) is 12.2 Å². The number of halogens is 1. The Balaban J connectivity index is 2.67. The van der Waals surface area contributed by atoms with Crippen LogP contribution in [0, 0.1) is 0 Å². The molecule has 1 aromatic carbocycles. The van der Waals surface area contributed by atoms with E-state index in [1.54, 1.807) is 18.2 Å². The molecule has 15 heavy (non-hydrogen) atoms. The van der Waals surface area contributed by atoms with Crippen molar-refractivity contribution in [2.45, 2.75) is 0 Å². The van der Waals surface area contributed by atoms with Gasteiger partial charge in [-0.05, 0) is 12.1 Å². The molecular formula is C10H7ClO4. The zero-order valence-electron chi connectivity index (χ0n) is 7.51. The van der Waals surface area contributed by atoms with Crippen LogP contribution in [0.1, 0.15) is 0 Å².